The number of pyridine rings is 2. The number of aryl methyl sites for hydroxylation is 1. The first-order valence-corrected chi connectivity index (χ1v) is 6.49. The molecule has 2 rings (SSSR count). The van der Waals surface area contributed by atoms with Crippen molar-refractivity contribution < 1.29 is 4.74 Å². The normalized spacial score (nSPS) is 10.6. The zero-order chi connectivity index (χ0) is 13.3. The lowest BCUT2D eigenvalue weighted by Crippen LogP contribution is -2.02. The van der Waals surface area contributed by atoms with Crippen molar-refractivity contribution in [3.8, 4) is 0 Å². The van der Waals surface area contributed by atoms with Crippen molar-refractivity contribution in [2.24, 2.45) is 5.73 Å². The van der Waals surface area contributed by atoms with Gasteiger partial charge in [-0.1, -0.05) is 0 Å². The van der Waals surface area contributed by atoms with Crippen molar-refractivity contribution >= 4 is 0 Å². The number of nitrogens with zero attached hydrogens (tertiary/aromatic N) is 2. The summed E-state index contributed by atoms with van der Waals surface area (Å²) in [4.78, 5) is 8.15. The number of aromatic nitrogens is 2. The molecule has 100 valence electrons. The largest absolute Gasteiger partial charge is 0.377 e. The molecular weight excluding hydrogens is 238 g/mol. The van der Waals surface area contributed by atoms with Crippen LogP contribution in [0, 0.1) is 0 Å². The third-order valence-electron chi connectivity index (χ3n) is 2.86. The lowest BCUT2D eigenvalue weighted by Gasteiger charge is -2.05. The monoisotopic (exact) mass is 257 g/mol. The Kier molecular flexibility index (Phi) is 5.47. The van der Waals surface area contributed by atoms with Crippen LogP contribution in [0.15, 0.2) is 42.9 Å². The second kappa shape index (κ2) is 7.61. The van der Waals surface area contributed by atoms with Crippen LogP contribution in [0.4, 0.5) is 0 Å². The fraction of sp³-hybridized carbons (Fsp3) is 0.333. The molecule has 0 spiro atoms. The third kappa shape index (κ3) is 4.77. The highest BCUT2D eigenvalue weighted by Crippen LogP contribution is 2.05. The first kappa shape index (κ1) is 13.6. The number of hydrogen-bond acceptors (Lipinski definition) is 4. The standard InChI is InChI=1S/C15H19N3O/c16-11-15-10-14(5-8-18-15)12-19-9-1-2-13-3-6-17-7-4-13/h3-8,10H,1-2,9,11-12,16H2. The van der Waals surface area contributed by atoms with Crippen molar-refractivity contribution in [3.63, 3.8) is 0 Å². The van der Waals surface area contributed by atoms with Gasteiger partial charge >= 0.3 is 0 Å². The van der Waals surface area contributed by atoms with Gasteiger partial charge in [0.2, 0.25) is 0 Å². The Hall–Kier alpha value is -1.78. The SMILES string of the molecule is NCc1cc(COCCCc2ccncc2)ccn1. The number of nitrogens with two attached hydrogens (primary N) is 1. The van der Waals surface area contributed by atoms with Gasteiger partial charge in [-0.15, -0.1) is 0 Å². The van der Waals surface area contributed by atoms with Crippen LogP contribution in [0.2, 0.25) is 0 Å². The van der Waals surface area contributed by atoms with Crippen LogP contribution in [0.1, 0.15) is 23.2 Å². The summed E-state index contributed by atoms with van der Waals surface area (Å²) in [6.45, 7) is 1.84. The Balaban J connectivity index is 1.66. The summed E-state index contributed by atoms with van der Waals surface area (Å²) in [5, 5.41) is 0. The molecule has 2 heterocycles. The summed E-state index contributed by atoms with van der Waals surface area (Å²) in [5.74, 6) is 0. The van der Waals surface area contributed by atoms with E-state index in [2.05, 4.69) is 9.97 Å². The molecule has 0 saturated carbocycles. The number of hydrogen-bond donors (Lipinski definition) is 1. The molecule has 0 saturated heterocycles. The predicted octanol–water partition coefficient (Wildman–Crippen LogP) is 2.08. The quantitative estimate of drug-likeness (QED) is 0.771. The minimum absolute atomic E-state index is 0.468. The zero-order valence-corrected chi connectivity index (χ0v) is 11.0. The molecule has 19 heavy (non-hydrogen) atoms. The van der Waals surface area contributed by atoms with Crippen LogP contribution in [0.5, 0.6) is 0 Å². The summed E-state index contributed by atoms with van der Waals surface area (Å²) in [5.41, 5.74) is 8.88. The molecule has 0 fully saturated rings. The van der Waals surface area contributed by atoms with E-state index in [1.165, 1.54) is 5.56 Å². The van der Waals surface area contributed by atoms with Crippen molar-refractivity contribution in [2.75, 3.05) is 6.61 Å². The molecule has 0 radical (unpaired) electrons. The van der Waals surface area contributed by atoms with E-state index < -0.39 is 0 Å². The molecule has 0 aliphatic rings. The maximum absolute atomic E-state index is 5.66. The first-order chi connectivity index (χ1) is 9.38. The molecule has 0 aromatic carbocycles. The molecule has 0 atom stereocenters. The third-order valence-corrected chi connectivity index (χ3v) is 2.86. The van der Waals surface area contributed by atoms with Crippen molar-refractivity contribution in [1.29, 1.82) is 0 Å². The van der Waals surface area contributed by atoms with Gasteiger partial charge in [-0.05, 0) is 48.2 Å². The van der Waals surface area contributed by atoms with Crippen LogP contribution in [-0.4, -0.2) is 16.6 Å². The summed E-state index contributed by atoms with van der Waals surface area (Å²) in [6, 6.07) is 8.03. The van der Waals surface area contributed by atoms with Crippen LogP contribution >= 0.6 is 0 Å². The maximum Gasteiger partial charge on any atom is 0.0718 e. The number of rotatable bonds is 7. The smallest absolute Gasteiger partial charge is 0.0718 e. The zero-order valence-electron chi connectivity index (χ0n) is 11.0. The van der Waals surface area contributed by atoms with E-state index in [9.17, 15) is 0 Å². The van der Waals surface area contributed by atoms with Gasteiger partial charge in [0.05, 0.1) is 12.3 Å². The van der Waals surface area contributed by atoms with Crippen LogP contribution < -0.4 is 5.73 Å². The van der Waals surface area contributed by atoms with Gasteiger partial charge < -0.3 is 10.5 Å². The Morgan fingerprint density at radius 3 is 2.63 bits per heavy atom. The van der Waals surface area contributed by atoms with Gasteiger partial charge in [0, 0.05) is 31.7 Å². The van der Waals surface area contributed by atoms with Crippen LogP contribution in [-0.2, 0) is 24.3 Å². The highest BCUT2D eigenvalue weighted by atomic mass is 16.5. The molecular formula is C15H19N3O. The summed E-state index contributed by atoms with van der Waals surface area (Å²) in [7, 11) is 0. The van der Waals surface area contributed by atoms with Gasteiger partial charge in [-0.2, -0.15) is 0 Å². The lowest BCUT2D eigenvalue weighted by molar-refractivity contribution is 0.118. The van der Waals surface area contributed by atoms with E-state index in [1.54, 1.807) is 6.20 Å². The summed E-state index contributed by atoms with van der Waals surface area (Å²) >= 11 is 0. The first-order valence-electron chi connectivity index (χ1n) is 6.49. The number of ether oxygens (including phenoxy) is 1. The average molecular weight is 257 g/mol. The maximum atomic E-state index is 5.66. The fourth-order valence-electron chi connectivity index (χ4n) is 1.85. The Labute approximate surface area is 113 Å². The molecule has 2 aromatic rings. The fourth-order valence-corrected chi connectivity index (χ4v) is 1.85. The van der Waals surface area contributed by atoms with E-state index in [0.29, 0.717) is 13.2 Å². The molecule has 0 bridgehead atoms. The summed E-state index contributed by atoms with van der Waals surface area (Å²) in [6.07, 6.45) is 7.45. The van der Waals surface area contributed by atoms with Crippen molar-refractivity contribution in [3.05, 3.63) is 59.7 Å². The van der Waals surface area contributed by atoms with E-state index >= 15 is 0 Å². The Morgan fingerprint density at radius 2 is 1.84 bits per heavy atom. The van der Waals surface area contributed by atoms with Crippen molar-refractivity contribution in [2.45, 2.75) is 26.0 Å². The molecule has 4 heteroatoms. The topological polar surface area (TPSA) is 61.0 Å². The summed E-state index contributed by atoms with van der Waals surface area (Å²) < 4.78 is 5.66. The van der Waals surface area contributed by atoms with Gasteiger partial charge in [0.1, 0.15) is 0 Å². The molecule has 0 aliphatic carbocycles. The van der Waals surface area contributed by atoms with E-state index in [-0.39, 0.29) is 0 Å². The highest BCUT2D eigenvalue weighted by molar-refractivity contribution is 5.15. The minimum Gasteiger partial charge on any atom is -0.377 e. The van der Waals surface area contributed by atoms with Crippen LogP contribution in [0.3, 0.4) is 0 Å². The molecule has 2 aromatic heterocycles. The van der Waals surface area contributed by atoms with Gasteiger partial charge in [0.25, 0.3) is 0 Å². The van der Waals surface area contributed by atoms with Gasteiger partial charge in [-0.3, -0.25) is 9.97 Å². The van der Waals surface area contributed by atoms with E-state index in [0.717, 1.165) is 30.7 Å². The van der Waals surface area contributed by atoms with Gasteiger partial charge in [0.15, 0.2) is 0 Å². The van der Waals surface area contributed by atoms with E-state index in [1.807, 2.05) is 36.7 Å². The second-order valence-electron chi connectivity index (χ2n) is 4.37. The Morgan fingerprint density at radius 1 is 1.05 bits per heavy atom. The van der Waals surface area contributed by atoms with Crippen molar-refractivity contribution in [1.82, 2.24) is 9.97 Å². The molecule has 0 aliphatic heterocycles. The van der Waals surface area contributed by atoms with E-state index in [4.69, 9.17) is 10.5 Å². The predicted molar refractivity (Wildman–Crippen MR) is 74.3 cm³/mol. The molecule has 4 nitrogen and oxygen atoms in total. The molecule has 0 unspecified atom stereocenters. The molecule has 2 N–H and O–H groups in total. The lowest BCUT2D eigenvalue weighted by atomic mass is 10.1. The second-order valence-corrected chi connectivity index (χ2v) is 4.37. The van der Waals surface area contributed by atoms with Crippen LogP contribution in [0.25, 0.3) is 0 Å². The minimum atomic E-state index is 0.468. The average Bonchev–Trinajstić information content (AvgIpc) is 2.48. The highest BCUT2D eigenvalue weighted by Gasteiger charge is 1.97. The Bertz CT molecular complexity index is 488. The molecule has 0 amide bonds. The van der Waals surface area contributed by atoms with Gasteiger partial charge in [-0.25, -0.2) is 0 Å².